The lowest BCUT2D eigenvalue weighted by molar-refractivity contribution is 0.126. The summed E-state index contributed by atoms with van der Waals surface area (Å²) in [6, 6.07) is 0. The van der Waals surface area contributed by atoms with Crippen LogP contribution in [0.5, 0.6) is 0 Å². The van der Waals surface area contributed by atoms with E-state index in [1.807, 2.05) is 0 Å². The molecule has 0 heteroatoms. The van der Waals surface area contributed by atoms with Gasteiger partial charge in [0.2, 0.25) is 0 Å². The van der Waals surface area contributed by atoms with Gasteiger partial charge < -0.3 is 0 Å². The van der Waals surface area contributed by atoms with Crippen LogP contribution in [0, 0.1) is 23.7 Å². The molecule has 1 aliphatic rings. The average molecular weight is 168 g/mol. The second-order valence-electron chi connectivity index (χ2n) is 4.76. The largest absolute Gasteiger partial charge is 0.0651 e. The van der Waals surface area contributed by atoms with Crippen molar-refractivity contribution >= 4 is 0 Å². The van der Waals surface area contributed by atoms with Gasteiger partial charge in [-0.2, -0.15) is 0 Å². The lowest BCUT2D eigenvalue weighted by Crippen LogP contribution is -2.28. The molecule has 0 radical (unpaired) electrons. The van der Waals surface area contributed by atoms with E-state index in [4.69, 9.17) is 0 Å². The first-order valence-electron chi connectivity index (χ1n) is 5.69. The second-order valence-corrected chi connectivity index (χ2v) is 4.76. The summed E-state index contributed by atoms with van der Waals surface area (Å²) in [7, 11) is 0. The molecule has 1 aliphatic carbocycles. The Hall–Kier alpha value is 0. The van der Waals surface area contributed by atoms with E-state index in [0.717, 1.165) is 23.7 Å². The van der Waals surface area contributed by atoms with Crippen LogP contribution in [-0.4, -0.2) is 0 Å². The van der Waals surface area contributed by atoms with E-state index in [0.29, 0.717) is 0 Å². The van der Waals surface area contributed by atoms with Crippen molar-refractivity contribution in [2.45, 2.75) is 53.4 Å². The summed E-state index contributed by atoms with van der Waals surface area (Å²) < 4.78 is 0. The quantitative estimate of drug-likeness (QED) is 0.582. The highest BCUT2D eigenvalue weighted by molar-refractivity contribution is 4.80. The number of rotatable bonds is 2. The van der Waals surface area contributed by atoms with E-state index in [1.54, 1.807) is 0 Å². The monoisotopic (exact) mass is 168 g/mol. The molecule has 0 amide bonds. The molecule has 0 bridgehead atoms. The van der Waals surface area contributed by atoms with Crippen LogP contribution in [0.2, 0.25) is 0 Å². The van der Waals surface area contributed by atoms with Crippen LogP contribution in [0.15, 0.2) is 0 Å². The van der Waals surface area contributed by atoms with Gasteiger partial charge in [-0.1, -0.05) is 40.5 Å². The molecular formula is C12H24. The smallest absolute Gasteiger partial charge is 0.0386 e. The lowest BCUT2D eigenvalue weighted by Gasteiger charge is -2.38. The van der Waals surface area contributed by atoms with Crippen molar-refractivity contribution < 1.29 is 0 Å². The van der Waals surface area contributed by atoms with Gasteiger partial charge in [0.15, 0.2) is 0 Å². The molecule has 72 valence electrons. The molecule has 4 atom stereocenters. The molecule has 0 saturated heterocycles. The molecule has 0 aromatic rings. The predicted octanol–water partition coefficient (Wildman–Crippen LogP) is 4.10. The van der Waals surface area contributed by atoms with Gasteiger partial charge >= 0.3 is 0 Å². The van der Waals surface area contributed by atoms with Gasteiger partial charge in [0.05, 0.1) is 0 Å². The second kappa shape index (κ2) is 4.30. The van der Waals surface area contributed by atoms with Gasteiger partial charge in [-0.25, -0.2) is 0 Å². The third-order valence-electron chi connectivity index (χ3n) is 4.04. The Labute approximate surface area is 77.7 Å². The summed E-state index contributed by atoms with van der Waals surface area (Å²) >= 11 is 0. The van der Waals surface area contributed by atoms with E-state index in [-0.39, 0.29) is 0 Å². The van der Waals surface area contributed by atoms with Crippen molar-refractivity contribution in [3.8, 4) is 0 Å². The summed E-state index contributed by atoms with van der Waals surface area (Å²) in [6.45, 7) is 9.57. The van der Waals surface area contributed by atoms with Crippen molar-refractivity contribution in [2.24, 2.45) is 23.7 Å². The van der Waals surface area contributed by atoms with E-state index >= 15 is 0 Å². The van der Waals surface area contributed by atoms with Crippen LogP contribution < -0.4 is 0 Å². The number of hydrogen-bond donors (Lipinski definition) is 0. The molecule has 0 aliphatic heterocycles. The summed E-state index contributed by atoms with van der Waals surface area (Å²) in [5.74, 6) is 4.00. The van der Waals surface area contributed by atoms with Crippen molar-refractivity contribution in [1.82, 2.24) is 0 Å². The van der Waals surface area contributed by atoms with Crippen LogP contribution in [0.4, 0.5) is 0 Å². The van der Waals surface area contributed by atoms with E-state index in [2.05, 4.69) is 27.7 Å². The minimum Gasteiger partial charge on any atom is -0.0651 e. The Morgan fingerprint density at radius 2 is 1.17 bits per heavy atom. The first kappa shape index (κ1) is 10.1. The third kappa shape index (κ3) is 2.02. The van der Waals surface area contributed by atoms with Crippen molar-refractivity contribution in [2.75, 3.05) is 0 Å². The Morgan fingerprint density at radius 1 is 0.833 bits per heavy atom. The molecule has 0 nitrogen and oxygen atoms in total. The summed E-state index contributed by atoms with van der Waals surface area (Å²) in [5.41, 5.74) is 0. The maximum absolute atomic E-state index is 2.43. The van der Waals surface area contributed by atoms with Gasteiger partial charge in [-0.05, 0) is 36.5 Å². The zero-order chi connectivity index (χ0) is 9.14. The van der Waals surface area contributed by atoms with E-state index < -0.39 is 0 Å². The minimum absolute atomic E-state index is 0.970. The SMILES string of the molecule is CC[C@@H]1CC(C)C(C)C[C@@H]1CC. The highest BCUT2D eigenvalue weighted by Crippen LogP contribution is 2.40. The minimum atomic E-state index is 0.970. The van der Waals surface area contributed by atoms with Gasteiger partial charge in [-0.3, -0.25) is 0 Å². The van der Waals surface area contributed by atoms with Crippen LogP contribution in [0.3, 0.4) is 0 Å². The molecule has 0 aromatic heterocycles. The molecule has 0 spiro atoms. The van der Waals surface area contributed by atoms with Gasteiger partial charge in [-0.15, -0.1) is 0 Å². The van der Waals surface area contributed by atoms with Crippen LogP contribution >= 0.6 is 0 Å². The standard InChI is InChI=1S/C12H24/c1-5-11-7-9(3)10(4)8-12(11)6-2/h9-12H,5-8H2,1-4H3/t9?,10?,11-,12+. The van der Waals surface area contributed by atoms with Crippen molar-refractivity contribution in [1.29, 1.82) is 0 Å². The fourth-order valence-corrected chi connectivity index (χ4v) is 2.80. The molecule has 0 heterocycles. The highest BCUT2D eigenvalue weighted by Gasteiger charge is 2.30. The average Bonchev–Trinajstić information content (AvgIpc) is 2.09. The van der Waals surface area contributed by atoms with Crippen LogP contribution in [0.25, 0.3) is 0 Å². The first-order chi connectivity index (χ1) is 5.69. The molecule has 1 rings (SSSR count). The normalized spacial score (nSPS) is 43.0. The fraction of sp³-hybridized carbons (Fsp3) is 1.00. The zero-order valence-corrected chi connectivity index (χ0v) is 9.14. The molecule has 1 saturated carbocycles. The Kier molecular flexibility index (Phi) is 3.61. The maximum atomic E-state index is 2.43. The molecule has 0 N–H and O–H groups in total. The lowest BCUT2D eigenvalue weighted by atomic mass is 9.68. The summed E-state index contributed by atoms with van der Waals surface area (Å²) in [5, 5.41) is 0. The van der Waals surface area contributed by atoms with Crippen molar-refractivity contribution in [3.63, 3.8) is 0 Å². The van der Waals surface area contributed by atoms with E-state index in [9.17, 15) is 0 Å². The Bertz CT molecular complexity index is 112. The molecular weight excluding hydrogens is 144 g/mol. The predicted molar refractivity (Wildman–Crippen MR) is 55.1 cm³/mol. The number of hydrogen-bond acceptors (Lipinski definition) is 0. The maximum Gasteiger partial charge on any atom is -0.0386 e. The van der Waals surface area contributed by atoms with Crippen LogP contribution in [-0.2, 0) is 0 Å². The van der Waals surface area contributed by atoms with Crippen molar-refractivity contribution in [3.05, 3.63) is 0 Å². The third-order valence-corrected chi connectivity index (χ3v) is 4.04. The van der Waals surface area contributed by atoms with Gasteiger partial charge in [0.25, 0.3) is 0 Å². The molecule has 2 unspecified atom stereocenters. The Balaban J connectivity index is 2.52. The molecule has 1 fully saturated rings. The fourth-order valence-electron chi connectivity index (χ4n) is 2.80. The van der Waals surface area contributed by atoms with Gasteiger partial charge in [0.1, 0.15) is 0 Å². The molecule has 12 heavy (non-hydrogen) atoms. The highest BCUT2D eigenvalue weighted by atomic mass is 14.4. The molecule has 0 aromatic carbocycles. The summed E-state index contributed by atoms with van der Waals surface area (Å²) in [4.78, 5) is 0. The first-order valence-corrected chi connectivity index (χ1v) is 5.69. The van der Waals surface area contributed by atoms with Gasteiger partial charge in [0, 0.05) is 0 Å². The Morgan fingerprint density at radius 3 is 1.42 bits per heavy atom. The van der Waals surface area contributed by atoms with E-state index in [1.165, 1.54) is 25.7 Å². The topological polar surface area (TPSA) is 0 Å². The van der Waals surface area contributed by atoms with Crippen LogP contribution in [0.1, 0.15) is 53.4 Å². The zero-order valence-electron chi connectivity index (χ0n) is 9.14. The summed E-state index contributed by atoms with van der Waals surface area (Å²) in [6.07, 6.45) is 5.76.